The van der Waals surface area contributed by atoms with Crippen molar-refractivity contribution in [2.45, 2.75) is 19.8 Å². The fourth-order valence-corrected chi connectivity index (χ4v) is 1.16. The molecular formula is C10H11BrF2O. The number of ether oxygens (including phenoxy) is 1. The Kier molecular flexibility index (Phi) is 3.48. The third kappa shape index (κ3) is 3.62. The molecule has 4 heteroatoms. The van der Waals surface area contributed by atoms with Crippen LogP contribution in [0.3, 0.4) is 0 Å². The Labute approximate surface area is 90.2 Å². The first-order chi connectivity index (χ1) is 6.38. The highest BCUT2D eigenvalue weighted by Crippen LogP contribution is 2.23. The third-order valence-electron chi connectivity index (χ3n) is 1.62. The van der Waals surface area contributed by atoms with E-state index < -0.39 is 12.5 Å². The summed E-state index contributed by atoms with van der Waals surface area (Å²) in [6.07, 6.45) is 0. The molecule has 1 aromatic rings. The predicted molar refractivity (Wildman–Crippen MR) is 55.0 cm³/mol. The van der Waals surface area contributed by atoms with E-state index in [1.165, 1.54) is 0 Å². The molecule has 0 heterocycles. The van der Waals surface area contributed by atoms with Gasteiger partial charge in [0.1, 0.15) is 5.75 Å². The standard InChI is InChI=1S/C10H11BrF2O/c1-7-5-8(3-4-9(7)11)14-6-10(2,12)13/h3-5H,6H2,1-2H3. The Hall–Kier alpha value is -0.640. The molecule has 1 aromatic carbocycles. The summed E-state index contributed by atoms with van der Waals surface area (Å²) < 4.78 is 30.8. The number of rotatable bonds is 3. The van der Waals surface area contributed by atoms with E-state index in [9.17, 15) is 8.78 Å². The van der Waals surface area contributed by atoms with Gasteiger partial charge >= 0.3 is 0 Å². The fourth-order valence-electron chi connectivity index (χ4n) is 0.917. The van der Waals surface area contributed by atoms with Crippen molar-refractivity contribution in [3.05, 3.63) is 28.2 Å². The van der Waals surface area contributed by atoms with Crippen molar-refractivity contribution in [3.63, 3.8) is 0 Å². The van der Waals surface area contributed by atoms with Gasteiger partial charge in [-0.2, -0.15) is 0 Å². The van der Waals surface area contributed by atoms with E-state index in [0.717, 1.165) is 17.0 Å². The molecule has 0 N–H and O–H groups in total. The lowest BCUT2D eigenvalue weighted by Crippen LogP contribution is -2.20. The van der Waals surface area contributed by atoms with Crippen molar-refractivity contribution in [1.29, 1.82) is 0 Å². The molecule has 0 spiro atoms. The summed E-state index contributed by atoms with van der Waals surface area (Å²) in [5.74, 6) is -2.33. The summed E-state index contributed by atoms with van der Waals surface area (Å²) in [6, 6.07) is 5.15. The lowest BCUT2D eigenvalue weighted by Gasteiger charge is -2.12. The van der Waals surface area contributed by atoms with Gasteiger partial charge in [0.25, 0.3) is 5.92 Å². The second-order valence-corrected chi connectivity index (χ2v) is 4.12. The van der Waals surface area contributed by atoms with Crippen molar-refractivity contribution in [2.75, 3.05) is 6.61 Å². The van der Waals surface area contributed by atoms with Gasteiger partial charge in [0.15, 0.2) is 6.61 Å². The Morgan fingerprint density at radius 3 is 2.57 bits per heavy atom. The van der Waals surface area contributed by atoms with Crippen LogP contribution in [0.25, 0.3) is 0 Å². The van der Waals surface area contributed by atoms with E-state index in [-0.39, 0.29) is 0 Å². The lowest BCUT2D eigenvalue weighted by molar-refractivity contribution is -0.0229. The molecule has 14 heavy (non-hydrogen) atoms. The Bertz CT molecular complexity index is 320. The number of hydrogen-bond donors (Lipinski definition) is 0. The van der Waals surface area contributed by atoms with Crippen molar-refractivity contribution in [1.82, 2.24) is 0 Å². The topological polar surface area (TPSA) is 9.23 Å². The molecule has 0 unspecified atom stereocenters. The maximum absolute atomic E-state index is 12.5. The van der Waals surface area contributed by atoms with Crippen molar-refractivity contribution < 1.29 is 13.5 Å². The zero-order chi connectivity index (χ0) is 10.8. The van der Waals surface area contributed by atoms with E-state index in [0.29, 0.717) is 5.75 Å². The summed E-state index contributed by atoms with van der Waals surface area (Å²) in [7, 11) is 0. The highest BCUT2D eigenvalue weighted by atomic mass is 79.9. The SMILES string of the molecule is Cc1cc(OCC(C)(F)F)ccc1Br. The lowest BCUT2D eigenvalue weighted by atomic mass is 10.2. The second kappa shape index (κ2) is 4.26. The van der Waals surface area contributed by atoms with Crippen molar-refractivity contribution >= 4 is 15.9 Å². The number of benzene rings is 1. The van der Waals surface area contributed by atoms with Crippen LogP contribution in [-0.4, -0.2) is 12.5 Å². The largest absolute Gasteiger partial charge is 0.487 e. The molecule has 1 nitrogen and oxygen atoms in total. The summed E-state index contributed by atoms with van der Waals surface area (Å²) in [5.41, 5.74) is 0.960. The van der Waals surface area contributed by atoms with E-state index in [1.807, 2.05) is 6.92 Å². The van der Waals surface area contributed by atoms with Crippen molar-refractivity contribution in [2.24, 2.45) is 0 Å². The minimum atomic E-state index is -2.79. The monoisotopic (exact) mass is 264 g/mol. The minimum Gasteiger partial charge on any atom is -0.487 e. The van der Waals surface area contributed by atoms with Crippen LogP contribution in [0.5, 0.6) is 5.75 Å². The van der Waals surface area contributed by atoms with Crippen LogP contribution in [0, 0.1) is 6.92 Å². The summed E-state index contributed by atoms with van der Waals surface area (Å²) in [5, 5.41) is 0. The summed E-state index contributed by atoms with van der Waals surface area (Å²) >= 11 is 3.32. The van der Waals surface area contributed by atoms with Gasteiger partial charge in [0.05, 0.1) is 0 Å². The number of halogens is 3. The van der Waals surface area contributed by atoms with Gasteiger partial charge in [-0.25, -0.2) is 8.78 Å². The van der Waals surface area contributed by atoms with Gasteiger partial charge in [-0.15, -0.1) is 0 Å². The maximum Gasteiger partial charge on any atom is 0.278 e. The summed E-state index contributed by atoms with van der Waals surface area (Å²) in [6.45, 7) is 2.12. The molecule has 0 radical (unpaired) electrons. The predicted octanol–water partition coefficient (Wildman–Crippen LogP) is 3.79. The minimum absolute atomic E-state index is 0.465. The average Bonchev–Trinajstić information content (AvgIpc) is 2.06. The molecule has 0 atom stereocenters. The number of hydrogen-bond acceptors (Lipinski definition) is 1. The van der Waals surface area contributed by atoms with Gasteiger partial charge in [-0.1, -0.05) is 15.9 Å². The van der Waals surface area contributed by atoms with Gasteiger partial charge in [-0.3, -0.25) is 0 Å². The molecule has 0 aromatic heterocycles. The molecule has 0 bridgehead atoms. The van der Waals surface area contributed by atoms with E-state index in [1.54, 1.807) is 18.2 Å². The van der Waals surface area contributed by atoms with Crippen molar-refractivity contribution in [3.8, 4) is 5.75 Å². The highest BCUT2D eigenvalue weighted by molar-refractivity contribution is 9.10. The Morgan fingerprint density at radius 1 is 1.43 bits per heavy atom. The van der Waals surface area contributed by atoms with Crippen LogP contribution in [0.4, 0.5) is 8.78 Å². The Balaban J connectivity index is 2.65. The van der Waals surface area contributed by atoms with Crippen LogP contribution in [0.15, 0.2) is 22.7 Å². The second-order valence-electron chi connectivity index (χ2n) is 3.27. The van der Waals surface area contributed by atoms with Crippen LogP contribution in [0.2, 0.25) is 0 Å². The zero-order valence-electron chi connectivity index (χ0n) is 7.98. The number of aryl methyl sites for hydroxylation is 1. The normalized spacial score (nSPS) is 11.5. The first kappa shape index (κ1) is 11.4. The van der Waals surface area contributed by atoms with Crippen LogP contribution >= 0.6 is 15.9 Å². The molecule has 0 aliphatic heterocycles. The van der Waals surface area contributed by atoms with Gasteiger partial charge < -0.3 is 4.74 Å². The number of alkyl halides is 2. The van der Waals surface area contributed by atoms with Crippen LogP contribution < -0.4 is 4.74 Å². The van der Waals surface area contributed by atoms with Crippen LogP contribution in [0.1, 0.15) is 12.5 Å². The van der Waals surface area contributed by atoms with Crippen LogP contribution in [-0.2, 0) is 0 Å². The molecule has 78 valence electrons. The van der Waals surface area contributed by atoms with Gasteiger partial charge in [0, 0.05) is 11.4 Å². The Morgan fingerprint density at radius 2 is 2.07 bits per heavy atom. The highest BCUT2D eigenvalue weighted by Gasteiger charge is 2.21. The molecule has 0 fully saturated rings. The molecule has 0 saturated heterocycles. The first-order valence-corrected chi connectivity index (χ1v) is 4.94. The van der Waals surface area contributed by atoms with E-state index >= 15 is 0 Å². The molecule has 1 rings (SSSR count). The third-order valence-corrected chi connectivity index (χ3v) is 2.51. The molecule has 0 aliphatic carbocycles. The summed E-state index contributed by atoms with van der Waals surface area (Å²) in [4.78, 5) is 0. The molecule has 0 saturated carbocycles. The smallest absolute Gasteiger partial charge is 0.278 e. The maximum atomic E-state index is 12.5. The molecular weight excluding hydrogens is 254 g/mol. The zero-order valence-corrected chi connectivity index (χ0v) is 9.57. The average molecular weight is 265 g/mol. The molecule has 0 amide bonds. The fraction of sp³-hybridized carbons (Fsp3) is 0.400. The molecule has 0 aliphatic rings. The van der Waals surface area contributed by atoms with Gasteiger partial charge in [0.2, 0.25) is 0 Å². The van der Waals surface area contributed by atoms with E-state index in [2.05, 4.69) is 15.9 Å². The first-order valence-electron chi connectivity index (χ1n) is 4.15. The quantitative estimate of drug-likeness (QED) is 0.807. The van der Waals surface area contributed by atoms with E-state index in [4.69, 9.17) is 4.74 Å². The van der Waals surface area contributed by atoms with Gasteiger partial charge in [-0.05, 0) is 30.7 Å².